The van der Waals surface area contributed by atoms with Gasteiger partial charge in [-0.25, -0.2) is 9.67 Å². The van der Waals surface area contributed by atoms with Crippen molar-refractivity contribution < 1.29 is 0 Å². The van der Waals surface area contributed by atoms with Crippen molar-refractivity contribution in [3.63, 3.8) is 0 Å². The minimum atomic E-state index is 0.561. The number of rotatable bonds is 7. The molecule has 1 N–H and O–H groups in total. The van der Waals surface area contributed by atoms with Gasteiger partial charge in [-0.1, -0.05) is 22.9 Å². The third-order valence-electron chi connectivity index (χ3n) is 2.49. The largest absolute Gasteiger partial charge is 0.307 e. The Morgan fingerprint density at radius 2 is 2.33 bits per heavy atom. The molecule has 1 atom stereocenters. The van der Waals surface area contributed by atoms with E-state index in [4.69, 9.17) is 0 Å². The van der Waals surface area contributed by atoms with Crippen LogP contribution in [0.5, 0.6) is 0 Å². The van der Waals surface area contributed by atoms with Gasteiger partial charge in [-0.05, 0) is 19.8 Å². The Morgan fingerprint density at radius 3 is 2.93 bits per heavy atom. The van der Waals surface area contributed by atoms with Crippen LogP contribution in [0.1, 0.15) is 32.5 Å². The van der Waals surface area contributed by atoms with Gasteiger partial charge in [0.1, 0.15) is 12.2 Å². The highest BCUT2D eigenvalue weighted by atomic mass is 79.9. The Labute approximate surface area is 99.6 Å². The molecule has 0 aliphatic heterocycles. The number of aromatic nitrogens is 3. The molecular formula is C10H19BrN4. The Hall–Kier alpha value is -0.420. The average Bonchev–Trinajstić information content (AvgIpc) is 2.71. The van der Waals surface area contributed by atoms with E-state index >= 15 is 0 Å². The van der Waals surface area contributed by atoms with Crippen molar-refractivity contribution in [1.82, 2.24) is 20.1 Å². The van der Waals surface area contributed by atoms with Crippen LogP contribution in [0.2, 0.25) is 0 Å². The van der Waals surface area contributed by atoms with Crippen molar-refractivity contribution in [2.75, 3.05) is 5.33 Å². The Kier molecular flexibility index (Phi) is 5.86. The van der Waals surface area contributed by atoms with Crippen LogP contribution in [-0.2, 0) is 13.1 Å². The van der Waals surface area contributed by atoms with E-state index in [0.717, 1.165) is 37.1 Å². The molecule has 0 amide bonds. The molecular weight excluding hydrogens is 256 g/mol. The van der Waals surface area contributed by atoms with Crippen LogP contribution in [0.4, 0.5) is 0 Å². The van der Waals surface area contributed by atoms with E-state index in [-0.39, 0.29) is 0 Å². The molecule has 0 aliphatic rings. The van der Waals surface area contributed by atoms with Gasteiger partial charge in [0.05, 0.1) is 6.54 Å². The first-order valence-electron chi connectivity index (χ1n) is 5.47. The molecule has 0 aliphatic carbocycles. The van der Waals surface area contributed by atoms with E-state index in [1.165, 1.54) is 0 Å². The van der Waals surface area contributed by atoms with Crippen LogP contribution in [0, 0.1) is 0 Å². The van der Waals surface area contributed by atoms with Crippen molar-refractivity contribution >= 4 is 15.9 Å². The van der Waals surface area contributed by atoms with E-state index in [1.54, 1.807) is 6.33 Å². The first-order chi connectivity index (χ1) is 7.31. The summed E-state index contributed by atoms with van der Waals surface area (Å²) in [6.45, 7) is 5.96. The highest BCUT2D eigenvalue weighted by Crippen LogP contribution is 2.02. The average molecular weight is 275 g/mol. The smallest absolute Gasteiger partial charge is 0.140 e. The van der Waals surface area contributed by atoms with E-state index in [2.05, 4.69) is 45.2 Å². The molecule has 0 saturated carbocycles. The SMILES string of the molecule is CCC(CCBr)NCc1ncnn1CC. The lowest BCUT2D eigenvalue weighted by molar-refractivity contribution is 0.465. The van der Waals surface area contributed by atoms with Crippen LogP contribution in [0.25, 0.3) is 0 Å². The minimum Gasteiger partial charge on any atom is -0.307 e. The summed E-state index contributed by atoms with van der Waals surface area (Å²) < 4.78 is 1.92. The van der Waals surface area contributed by atoms with Gasteiger partial charge < -0.3 is 5.32 Å². The standard InChI is InChI=1S/C10H19BrN4/c1-3-9(5-6-11)12-7-10-13-8-14-15(10)4-2/h8-9,12H,3-7H2,1-2H3. The van der Waals surface area contributed by atoms with E-state index in [0.29, 0.717) is 6.04 Å². The monoisotopic (exact) mass is 274 g/mol. The summed E-state index contributed by atoms with van der Waals surface area (Å²) in [4.78, 5) is 4.23. The molecule has 0 radical (unpaired) electrons. The molecule has 0 bridgehead atoms. The molecule has 0 aromatic carbocycles. The lowest BCUT2D eigenvalue weighted by atomic mass is 10.2. The first-order valence-corrected chi connectivity index (χ1v) is 6.60. The summed E-state index contributed by atoms with van der Waals surface area (Å²) in [5, 5.41) is 8.68. The van der Waals surface area contributed by atoms with E-state index < -0.39 is 0 Å². The topological polar surface area (TPSA) is 42.7 Å². The van der Waals surface area contributed by atoms with E-state index in [9.17, 15) is 0 Å². The van der Waals surface area contributed by atoms with Gasteiger partial charge >= 0.3 is 0 Å². The molecule has 0 fully saturated rings. The number of hydrogen-bond acceptors (Lipinski definition) is 3. The van der Waals surface area contributed by atoms with Crippen LogP contribution < -0.4 is 5.32 Å². The number of hydrogen-bond donors (Lipinski definition) is 1. The molecule has 1 heterocycles. The van der Waals surface area contributed by atoms with Crippen molar-refractivity contribution in [2.45, 2.75) is 45.8 Å². The molecule has 0 saturated heterocycles. The number of alkyl halides is 1. The fourth-order valence-corrected chi connectivity index (χ4v) is 2.06. The summed E-state index contributed by atoms with van der Waals surface area (Å²) >= 11 is 3.46. The highest BCUT2D eigenvalue weighted by molar-refractivity contribution is 9.09. The fourth-order valence-electron chi connectivity index (χ4n) is 1.51. The third kappa shape index (κ3) is 3.91. The van der Waals surface area contributed by atoms with Crippen molar-refractivity contribution in [3.05, 3.63) is 12.2 Å². The first kappa shape index (κ1) is 12.6. The second-order valence-electron chi connectivity index (χ2n) is 3.46. The number of aryl methyl sites for hydroxylation is 1. The maximum Gasteiger partial charge on any atom is 0.140 e. The van der Waals surface area contributed by atoms with Gasteiger partial charge in [0.25, 0.3) is 0 Å². The normalized spacial score (nSPS) is 13.0. The van der Waals surface area contributed by atoms with Crippen LogP contribution in [0.15, 0.2) is 6.33 Å². The Morgan fingerprint density at radius 1 is 1.53 bits per heavy atom. The molecule has 1 unspecified atom stereocenters. The maximum absolute atomic E-state index is 4.23. The zero-order chi connectivity index (χ0) is 11.1. The molecule has 4 nitrogen and oxygen atoms in total. The predicted octanol–water partition coefficient (Wildman–Crippen LogP) is 1.95. The summed E-state index contributed by atoms with van der Waals surface area (Å²) in [7, 11) is 0. The lowest BCUT2D eigenvalue weighted by Gasteiger charge is -2.15. The maximum atomic E-state index is 4.23. The molecule has 0 spiro atoms. The zero-order valence-corrected chi connectivity index (χ0v) is 11.0. The van der Waals surface area contributed by atoms with Gasteiger partial charge in [0.2, 0.25) is 0 Å². The van der Waals surface area contributed by atoms with Gasteiger partial charge in [-0.15, -0.1) is 0 Å². The zero-order valence-electron chi connectivity index (χ0n) is 9.41. The quantitative estimate of drug-likeness (QED) is 0.773. The lowest BCUT2D eigenvalue weighted by Crippen LogP contribution is -2.29. The minimum absolute atomic E-state index is 0.561. The van der Waals surface area contributed by atoms with Crippen molar-refractivity contribution in [3.8, 4) is 0 Å². The number of halogens is 1. The van der Waals surface area contributed by atoms with Crippen LogP contribution in [0.3, 0.4) is 0 Å². The Bertz CT molecular complexity index is 274. The second-order valence-corrected chi connectivity index (χ2v) is 4.25. The highest BCUT2D eigenvalue weighted by Gasteiger charge is 2.07. The summed E-state index contributed by atoms with van der Waals surface area (Å²) in [6.07, 6.45) is 3.91. The molecule has 1 aromatic rings. The van der Waals surface area contributed by atoms with Crippen molar-refractivity contribution in [2.24, 2.45) is 0 Å². The number of nitrogens with one attached hydrogen (secondary N) is 1. The van der Waals surface area contributed by atoms with Crippen molar-refractivity contribution in [1.29, 1.82) is 0 Å². The van der Waals surface area contributed by atoms with E-state index in [1.807, 2.05) is 4.68 Å². The predicted molar refractivity (Wildman–Crippen MR) is 65.0 cm³/mol. The Balaban J connectivity index is 2.41. The molecule has 1 aromatic heterocycles. The van der Waals surface area contributed by atoms with Crippen LogP contribution >= 0.6 is 15.9 Å². The van der Waals surface area contributed by atoms with Gasteiger partial charge in [0, 0.05) is 17.9 Å². The molecule has 86 valence electrons. The van der Waals surface area contributed by atoms with Crippen LogP contribution in [-0.4, -0.2) is 26.1 Å². The molecule has 15 heavy (non-hydrogen) atoms. The second kappa shape index (κ2) is 6.95. The summed E-state index contributed by atoms with van der Waals surface area (Å²) in [6, 6.07) is 0.561. The number of nitrogens with zero attached hydrogens (tertiary/aromatic N) is 3. The van der Waals surface area contributed by atoms with Gasteiger partial charge in [0.15, 0.2) is 0 Å². The molecule has 5 heteroatoms. The summed E-state index contributed by atoms with van der Waals surface area (Å²) in [5.74, 6) is 1.02. The third-order valence-corrected chi connectivity index (χ3v) is 2.95. The summed E-state index contributed by atoms with van der Waals surface area (Å²) in [5.41, 5.74) is 0. The van der Waals surface area contributed by atoms with Gasteiger partial charge in [-0.2, -0.15) is 5.10 Å². The van der Waals surface area contributed by atoms with Gasteiger partial charge in [-0.3, -0.25) is 0 Å². The fraction of sp³-hybridized carbons (Fsp3) is 0.800. The molecule has 1 rings (SSSR count).